The number of fused-ring (bicyclic) bond motifs is 1. The molecular formula is C30H27N7O. The van der Waals surface area contributed by atoms with Crippen molar-refractivity contribution in [3.63, 3.8) is 0 Å². The van der Waals surface area contributed by atoms with Gasteiger partial charge in [0.2, 0.25) is 11.8 Å². The van der Waals surface area contributed by atoms with Crippen molar-refractivity contribution in [2.45, 2.75) is 20.8 Å². The van der Waals surface area contributed by atoms with E-state index < -0.39 is 0 Å². The minimum Gasteiger partial charge on any atom is -0.438 e. The van der Waals surface area contributed by atoms with Crippen molar-refractivity contribution in [3.05, 3.63) is 103 Å². The molecule has 0 aliphatic carbocycles. The van der Waals surface area contributed by atoms with Crippen LogP contribution in [0, 0.1) is 0 Å². The van der Waals surface area contributed by atoms with Gasteiger partial charge < -0.3 is 15.8 Å². The zero-order chi connectivity index (χ0) is 26.5. The van der Waals surface area contributed by atoms with Crippen molar-refractivity contribution >= 4 is 33.8 Å². The molecule has 0 saturated carbocycles. The smallest absolute Gasteiger partial charge is 0.228 e. The highest BCUT2D eigenvalue weighted by Crippen LogP contribution is 2.32. The Morgan fingerprint density at radius 3 is 2.42 bits per heavy atom. The first-order valence-electron chi connectivity index (χ1n) is 12.2. The maximum atomic E-state index is 6.08. The SMILES string of the molecule is C/C=C(C)\C=C(/C)c1nnc(Nc2ccc(Oc3ncccc3-c3ccnc(N)n3)cc2)c2ccccc12. The lowest BCUT2D eigenvalue weighted by molar-refractivity contribution is 0.465. The fraction of sp³-hybridized carbons (Fsp3) is 0.100. The topological polar surface area (TPSA) is 112 Å². The predicted octanol–water partition coefficient (Wildman–Crippen LogP) is 6.97. The molecule has 3 N–H and O–H groups in total. The van der Waals surface area contributed by atoms with E-state index in [0.717, 1.165) is 33.3 Å². The van der Waals surface area contributed by atoms with Gasteiger partial charge >= 0.3 is 0 Å². The number of nitrogens with one attached hydrogen (secondary N) is 1. The van der Waals surface area contributed by atoms with Gasteiger partial charge in [-0.2, -0.15) is 0 Å². The number of rotatable bonds is 7. The third-order valence-corrected chi connectivity index (χ3v) is 6.01. The van der Waals surface area contributed by atoms with Crippen LogP contribution in [0.2, 0.25) is 0 Å². The highest BCUT2D eigenvalue weighted by molar-refractivity contribution is 5.98. The Labute approximate surface area is 221 Å². The molecule has 0 radical (unpaired) electrons. The Morgan fingerprint density at radius 2 is 1.66 bits per heavy atom. The third kappa shape index (κ3) is 5.34. The average molecular weight is 502 g/mol. The van der Waals surface area contributed by atoms with E-state index in [4.69, 9.17) is 10.5 Å². The maximum Gasteiger partial charge on any atom is 0.228 e. The van der Waals surface area contributed by atoms with E-state index >= 15 is 0 Å². The van der Waals surface area contributed by atoms with E-state index in [9.17, 15) is 0 Å². The molecule has 5 aromatic rings. The van der Waals surface area contributed by atoms with Crippen LogP contribution in [-0.4, -0.2) is 25.1 Å². The minimum atomic E-state index is 0.190. The average Bonchev–Trinajstić information content (AvgIpc) is 2.94. The standard InChI is InChI=1S/C30H27N7O/c1-4-19(2)18-20(3)27-23-8-5-6-9-24(23)28(37-36-27)34-21-11-13-22(14-12-21)38-29-25(10-7-16-32-29)26-15-17-33-30(31)35-26/h4-18H,1-3H3,(H,34,37)(H2,31,33,35)/b19-4-,20-18+. The quantitative estimate of drug-likeness (QED) is 0.230. The van der Waals surface area contributed by atoms with Crippen LogP contribution in [0.3, 0.4) is 0 Å². The number of nitrogens with zero attached hydrogens (tertiary/aromatic N) is 5. The molecule has 5 rings (SSSR count). The minimum absolute atomic E-state index is 0.190. The molecule has 8 nitrogen and oxygen atoms in total. The number of nitrogens with two attached hydrogens (primary N) is 1. The summed E-state index contributed by atoms with van der Waals surface area (Å²) in [5, 5.41) is 14.5. The van der Waals surface area contributed by atoms with E-state index in [0.29, 0.717) is 23.1 Å². The number of nitrogen functional groups attached to an aromatic ring is 1. The fourth-order valence-electron chi connectivity index (χ4n) is 4.03. The molecule has 0 amide bonds. The lowest BCUT2D eigenvalue weighted by Gasteiger charge is -2.13. The van der Waals surface area contributed by atoms with Crippen molar-refractivity contribution in [1.82, 2.24) is 25.1 Å². The summed E-state index contributed by atoms with van der Waals surface area (Å²) < 4.78 is 6.08. The summed E-state index contributed by atoms with van der Waals surface area (Å²) in [6, 6.07) is 21.2. The Kier molecular flexibility index (Phi) is 7.04. The molecule has 3 aromatic heterocycles. The molecule has 2 aromatic carbocycles. The number of allylic oxidation sites excluding steroid dienone is 4. The molecule has 0 aliphatic rings. The van der Waals surface area contributed by atoms with Crippen molar-refractivity contribution in [1.29, 1.82) is 0 Å². The van der Waals surface area contributed by atoms with E-state index in [-0.39, 0.29) is 5.95 Å². The molecule has 0 spiro atoms. The summed E-state index contributed by atoms with van der Waals surface area (Å²) in [7, 11) is 0. The number of benzene rings is 2. The molecular weight excluding hydrogens is 474 g/mol. The van der Waals surface area contributed by atoms with Gasteiger partial charge in [0.25, 0.3) is 0 Å². The molecule has 0 aliphatic heterocycles. The second-order valence-corrected chi connectivity index (χ2v) is 8.71. The molecule has 8 heteroatoms. The largest absolute Gasteiger partial charge is 0.438 e. The van der Waals surface area contributed by atoms with Crippen LogP contribution in [0.15, 0.2) is 96.8 Å². The van der Waals surface area contributed by atoms with E-state index in [1.54, 1.807) is 18.5 Å². The first kappa shape index (κ1) is 24.6. The van der Waals surface area contributed by atoms with Gasteiger partial charge in [0.1, 0.15) is 5.75 Å². The Bertz CT molecular complexity index is 1660. The van der Waals surface area contributed by atoms with Crippen LogP contribution >= 0.6 is 0 Å². The van der Waals surface area contributed by atoms with Crippen molar-refractivity contribution in [2.75, 3.05) is 11.1 Å². The summed E-state index contributed by atoms with van der Waals surface area (Å²) in [5.41, 5.74) is 11.1. The molecule has 0 bridgehead atoms. The van der Waals surface area contributed by atoms with Gasteiger partial charge in [-0.15, -0.1) is 10.2 Å². The summed E-state index contributed by atoms with van der Waals surface area (Å²) in [6.45, 7) is 6.15. The number of hydrogen-bond donors (Lipinski definition) is 2. The Hall–Kier alpha value is -5.11. The Morgan fingerprint density at radius 1 is 0.868 bits per heavy atom. The van der Waals surface area contributed by atoms with E-state index in [1.807, 2.05) is 61.5 Å². The van der Waals surface area contributed by atoms with Crippen LogP contribution in [-0.2, 0) is 0 Å². The molecule has 0 saturated heterocycles. The van der Waals surface area contributed by atoms with Crippen LogP contribution in [0.4, 0.5) is 17.5 Å². The predicted molar refractivity (Wildman–Crippen MR) is 152 cm³/mol. The maximum absolute atomic E-state index is 6.08. The molecule has 0 fully saturated rings. The van der Waals surface area contributed by atoms with Gasteiger partial charge in [0.15, 0.2) is 5.82 Å². The molecule has 188 valence electrons. The number of ether oxygens (including phenoxy) is 1. The summed E-state index contributed by atoms with van der Waals surface area (Å²) in [6.07, 6.45) is 7.47. The van der Waals surface area contributed by atoms with Crippen LogP contribution in [0.25, 0.3) is 27.6 Å². The van der Waals surface area contributed by atoms with Gasteiger partial charge in [0, 0.05) is 28.9 Å². The van der Waals surface area contributed by atoms with Crippen molar-refractivity contribution < 1.29 is 4.74 Å². The zero-order valence-corrected chi connectivity index (χ0v) is 21.4. The first-order chi connectivity index (χ1) is 18.5. The first-order valence-corrected chi connectivity index (χ1v) is 12.2. The van der Waals surface area contributed by atoms with Crippen LogP contribution in [0.1, 0.15) is 26.5 Å². The molecule has 0 unspecified atom stereocenters. The molecule has 0 atom stereocenters. The normalized spacial score (nSPS) is 12.0. The van der Waals surface area contributed by atoms with Gasteiger partial charge in [-0.05, 0) is 68.8 Å². The van der Waals surface area contributed by atoms with Gasteiger partial charge in [0.05, 0.1) is 17.0 Å². The molecule has 38 heavy (non-hydrogen) atoms. The number of anilines is 3. The second-order valence-electron chi connectivity index (χ2n) is 8.71. The monoisotopic (exact) mass is 501 g/mol. The van der Waals surface area contributed by atoms with Gasteiger partial charge in [-0.25, -0.2) is 15.0 Å². The number of pyridine rings is 1. The lowest BCUT2D eigenvalue weighted by Crippen LogP contribution is -2.00. The fourth-order valence-corrected chi connectivity index (χ4v) is 4.03. The number of aromatic nitrogens is 5. The van der Waals surface area contributed by atoms with E-state index in [1.165, 1.54) is 5.57 Å². The number of hydrogen-bond acceptors (Lipinski definition) is 8. The lowest BCUT2D eigenvalue weighted by atomic mass is 10.0. The summed E-state index contributed by atoms with van der Waals surface area (Å²) >= 11 is 0. The van der Waals surface area contributed by atoms with Crippen molar-refractivity contribution in [3.8, 4) is 22.9 Å². The van der Waals surface area contributed by atoms with Crippen LogP contribution < -0.4 is 15.8 Å². The summed E-state index contributed by atoms with van der Waals surface area (Å²) in [4.78, 5) is 12.6. The highest BCUT2D eigenvalue weighted by atomic mass is 16.5. The molecule has 3 heterocycles. The van der Waals surface area contributed by atoms with Gasteiger partial charge in [-0.1, -0.05) is 42.0 Å². The van der Waals surface area contributed by atoms with E-state index in [2.05, 4.69) is 62.5 Å². The highest BCUT2D eigenvalue weighted by Gasteiger charge is 2.13. The van der Waals surface area contributed by atoms with Gasteiger partial charge in [-0.3, -0.25) is 0 Å². The van der Waals surface area contributed by atoms with Crippen molar-refractivity contribution in [2.24, 2.45) is 0 Å². The Balaban J connectivity index is 1.39. The second kappa shape index (κ2) is 10.9. The van der Waals surface area contributed by atoms with Crippen LogP contribution in [0.5, 0.6) is 11.6 Å². The summed E-state index contributed by atoms with van der Waals surface area (Å²) in [5.74, 6) is 1.93. The third-order valence-electron chi connectivity index (χ3n) is 6.01. The zero-order valence-electron chi connectivity index (χ0n) is 21.4.